The van der Waals surface area contributed by atoms with E-state index in [1.165, 1.54) is 5.56 Å². The van der Waals surface area contributed by atoms with Gasteiger partial charge in [0.05, 0.1) is 6.04 Å². The molecular formula is C15H21NO. The molecule has 0 heterocycles. The third kappa shape index (κ3) is 2.95. The van der Waals surface area contributed by atoms with Crippen LogP contribution in [-0.2, 0) is 4.79 Å². The molecule has 0 aromatic heterocycles. The highest BCUT2D eigenvalue weighted by atomic mass is 16.1. The Morgan fingerprint density at radius 2 is 2.12 bits per heavy atom. The van der Waals surface area contributed by atoms with Gasteiger partial charge in [0, 0.05) is 5.92 Å². The third-order valence-electron chi connectivity index (χ3n) is 3.62. The number of hydrogen-bond donors (Lipinski definition) is 1. The number of nitrogens with two attached hydrogens (primary N) is 1. The van der Waals surface area contributed by atoms with E-state index in [1.54, 1.807) is 0 Å². The molecule has 1 aliphatic rings. The SMILES string of the molecule is CCCCC(N)C(=O)C1CC1c1ccccc1. The number of carbonyl (C=O) groups is 1. The second kappa shape index (κ2) is 5.46. The van der Waals surface area contributed by atoms with Crippen molar-refractivity contribution in [2.45, 2.75) is 44.6 Å². The molecule has 1 saturated carbocycles. The third-order valence-corrected chi connectivity index (χ3v) is 3.62. The van der Waals surface area contributed by atoms with E-state index in [4.69, 9.17) is 5.73 Å². The highest BCUT2D eigenvalue weighted by Gasteiger charge is 2.44. The molecule has 2 rings (SSSR count). The number of Topliss-reactive ketones (excluding diaryl/α,β-unsaturated/α-hetero) is 1. The molecule has 3 unspecified atom stereocenters. The van der Waals surface area contributed by atoms with Gasteiger partial charge in [-0.15, -0.1) is 0 Å². The molecule has 17 heavy (non-hydrogen) atoms. The Morgan fingerprint density at radius 3 is 2.76 bits per heavy atom. The van der Waals surface area contributed by atoms with E-state index in [2.05, 4.69) is 19.1 Å². The lowest BCUT2D eigenvalue weighted by Crippen LogP contribution is -2.31. The van der Waals surface area contributed by atoms with Crippen molar-refractivity contribution in [1.29, 1.82) is 0 Å². The molecule has 1 aliphatic carbocycles. The number of carbonyl (C=O) groups excluding carboxylic acids is 1. The van der Waals surface area contributed by atoms with Gasteiger partial charge in [-0.1, -0.05) is 50.1 Å². The molecule has 0 aliphatic heterocycles. The fourth-order valence-corrected chi connectivity index (χ4v) is 2.42. The van der Waals surface area contributed by atoms with Crippen LogP contribution in [0.1, 0.15) is 44.1 Å². The summed E-state index contributed by atoms with van der Waals surface area (Å²) >= 11 is 0. The molecule has 1 aromatic rings. The zero-order valence-corrected chi connectivity index (χ0v) is 10.4. The van der Waals surface area contributed by atoms with E-state index < -0.39 is 0 Å². The highest BCUT2D eigenvalue weighted by molar-refractivity contribution is 5.89. The first-order chi connectivity index (χ1) is 8.24. The molecule has 1 aromatic carbocycles. The van der Waals surface area contributed by atoms with Crippen molar-refractivity contribution >= 4 is 5.78 Å². The number of benzene rings is 1. The summed E-state index contributed by atoms with van der Waals surface area (Å²) in [4.78, 5) is 12.1. The Labute approximate surface area is 103 Å². The standard InChI is InChI=1S/C15H21NO/c1-2-3-9-14(16)15(17)13-10-12(13)11-7-5-4-6-8-11/h4-8,12-14H,2-3,9-10,16H2,1H3. The van der Waals surface area contributed by atoms with Gasteiger partial charge in [-0.3, -0.25) is 4.79 Å². The van der Waals surface area contributed by atoms with E-state index in [0.29, 0.717) is 5.92 Å². The second-order valence-corrected chi connectivity index (χ2v) is 5.01. The van der Waals surface area contributed by atoms with Crippen molar-refractivity contribution in [3.05, 3.63) is 35.9 Å². The molecule has 0 spiro atoms. The summed E-state index contributed by atoms with van der Waals surface area (Å²) in [5, 5.41) is 0. The first-order valence-corrected chi connectivity index (χ1v) is 6.58. The monoisotopic (exact) mass is 231 g/mol. The lowest BCUT2D eigenvalue weighted by molar-refractivity contribution is -0.121. The Morgan fingerprint density at radius 1 is 1.41 bits per heavy atom. The predicted octanol–water partition coefficient (Wildman–Crippen LogP) is 2.88. The molecule has 2 nitrogen and oxygen atoms in total. The van der Waals surface area contributed by atoms with Crippen LogP contribution in [-0.4, -0.2) is 11.8 Å². The Balaban J connectivity index is 1.88. The number of unbranched alkanes of at least 4 members (excludes halogenated alkanes) is 1. The van der Waals surface area contributed by atoms with E-state index in [-0.39, 0.29) is 17.7 Å². The molecule has 0 bridgehead atoms. The van der Waals surface area contributed by atoms with Gasteiger partial charge >= 0.3 is 0 Å². The van der Waals surface area contributed by atoms with Crippen LogP contribution in [0.25, 0.3) is 0 Å². The Hall–Kier alpha value is -1.15. The van der Waals surface area contributed by atoms with E-state index in [9.17, 15) is 4.79 Å². The van der Waals surface area contributed by atoms with Crippen LogP contribution in [0, 0.1) is 5.92 Å². The van der Waals surface area contributed by atoms with Gasteiger partial charge < -0.3 is 5.73 Å². The summed E-state index contributed by atoms with van der Waals surface area (Å²) in [5.41, 5.74) is 7.22. The van der Waals surface area contributed by atoms with Crippen molar-refractivity contribution in [3.8, 4) is 0 Å². The van der Waals surface area contributed by atoms with Gasteiger partial charge in [0.2, 0.25) is 0 Å². The van der Waals surface area contributed by atoms with Crippen molar-refractivity contribution in [2.75, 3.05) is 0 Å². The van der Waals surface area contributed by atoms with Crippen molar-refractivity contribution in [2.24, 2.45) is 11.7 Å². The summed E-state index contributed by atoms with van der Waals surface area (Å²) in [6.07, 6.45) is 3.99. The van der Waals surface area contributed by atoms with Crippen LogP contribution >= 0.6 is 0 Å². The van der Waals surface area contributed by atoms with Gasteiger partial charge in [-0.25, -0.2) is 0 Å². The summed E-state index contributed by atoms with van der Waals surface area (Å²) < 4.78 is 0. The van der Waals surface area contributed by atoms with Gasteiger partial charge in [0.15, 0.2) is 5.78 Å². The molecular weight excluding hydrogens is 210 g/mol. The van der Waals surface area contributed by atoms with Crippen LogP contribution in [0.2, 0.25) is 0 Å². The summed E-state index contributed by atoms with van der Waals surface area (Å²) in [5.74, 6) is 0.882. The Bertz CT molecular complexity index is 374. The summed E-state index contributed by atoms with van der Waals surface area (Å²) in [7, 11) is 0. The normalized spacial score (nSPS) is 24.4. The van der Waals surface area contributed by atoms with Crippen LogP contribution in [0.4, 0.5) is 0 Å². The summed E-state index contributed by atoms with van der Waals surface area (Å²) in [6.45, 7) is 2.13. The zero-order valence-electron chi connectivity index (χ0n) is 10.4. The van der Waals surface area contributed by atoms with Crippen LogP contribution in [0.15, 0.2) is 30.3 Å². The molecule has 2 N–H and O–H groups in total. The molecule has 0 radical (unpaired) electrons. The van der Waals surface area contributed by atoms with Gasteiger partial charge in [0.25, 0.3) is 0 Å². The van der Waals surface area contributed by atoms with Crippen molar-refractivity contribution in [3.63, 3.8) is 0 Å². The molecule has 92 valence electrons. The first-order valence-electron chi connectivity index (χ1n) is 6.58. The Kier molecular flexibility index (Phi) is 3.95. The maximum absolute atomic E-state index is 12.1. The van der Waals surface area contributed by atoms with Crippen molar-refractivity contribution in [1.82, 2.24) is 0 Å². The van der Waals surface area contributed by atoms with Crippen LogP contribution in [0.5, 0.6) is 0 Å². The van der Waals surface area contributed by atoms with Crippen LogP contribution < -0.4 is 5.73 Å². The number of ketones is 1. The summed E-state index contributed by atoms with van der Waals surface area (Å²) in [6, 6.07) is 10.0. The molecule has 0 saturated heterocycles. The minimum absolute atomic E-state index is 0.184. The van der Waals surface area contributed by atoms with E-state index in [0.717, 1.165) is 25.7 Å². The van der Waals surface area contributed by atoms with E-state index in [1.807, 2.05) is 18.2 Å². The highest BCUT2D eigenvalue weighted by Crippen LogP contribution is 2.48. The quantitative estimate of drug-likeness (QED) is 0.818. The van der Waals surface area contributed by atoms with Crippen LogP contribution in [0.3, 0.4) is 0 Å². The fourth-order valence-electron chi connectivity index (χ4n) is 2.42. The largest absolute Gasteiger partial charge is 0.321 e. The topological polar surface area (TPSA) is 43.1 Å². The lowest BCUT2D eigenvalue weighted by Gasteiger charge is -2.09. The zero-order chi connectivity index (χ0) is 12.3. The minimum Gasteiger partial charge on any atom is -0.321 e. The molecule has 0 amide bonds. The van der Waals surface area contributed by atoms with Crippen molar-refractivity contribution < 1.29 is 4.79 Å². The number of hydrogen-bond acceptors (Lipinski definition) is 2. The lowest BCUT2D eigenvalue weighted by atomic mass is 10.0. The minimum atomic E-state index is -0.242. The van der Waals surface area contributed by atoms with E-state index >= 15 is 0 Å². The van der Waals surface area contributed by atoms with Gasteiger partial charge in [-0.05, 0) is 24.3 Å². The maximum atomic E-state index is 12.1. The van der Waals surface area contributed by atoms with Gasteiger partial charge in [-0.2, -0.15) is 0 Å². The molecule has 1 fully saturated rings. The maximum Gasteiger partial charge on any atom is 0.153 e. The molecule has 2 heteroatoms. The van der Waals surface area contributed by atoms with Gasteiger partial charge in [0.1, 0.15) is 0 Å². The first kappa shape index (κ1) is 12.3. The fraction of sp³-hybridized carbons (Fsp3) is 0.533. The molecule has 3 atom stereocenters. The average molecular weight is 231 g/mol. The average Bonchev–Trinajstić information content (AvgIpc) is 3.16. The predicted molar refractivity (Wildman–Crippen MR) is 69.8 cm³/mol. The second-order valence-electron chi connectivity index (χ2n) is 5.01. The smallest absolute Gasteiger partial charge is 0.153 e. The number of rotatable bonds is 6.